The van der Waals surface area contributed by atoms with Crippen molar-refractivity contribution in [2.24, 2.45) is 0 Å². The topological polar surface area (TPSA) is 120 Å². The van der Waals surface area contributed by atoms with Crippen molar-refractivity contribution in [2.75, 3.05) is 38.8 Å². The number of carbonyl (C=O) groups is 2. The number of aliphatic carboxylic acids is 1. The molecule has 0 fully saturated rings. The number of nitrogens with one attached hydrogen (secondary N) is 3. The number of rotatable bonds is 8. The van der Waals surface area contributed by atoms with Crippen molar-refractivity contribution in [1.29, 1.82) is 0 Å². The van der Waals surface area contributed by atoms with E-state index in [9.17, 15) is 18.0 Å². The van der Waals surface area contributed by atoms with Crippen LogP contribution < -0.4 is 15.4 Å². The number of fused-ring (bicyclic) bond motifs is 1. The number of carbonyl (C=O) groups excluding carboxylic acids is 1. The normalized spacial score (nSPS) is 14.7. The summed E-state index contributed by atoms with van der Waals surface area (Å²) in [6, 6.07) is 11.9. The van der Waals surface area contributed by atoms with Gasteiger partial charge in [-0.3, -0.25) is 9.89 Å². The molecule has 1 aliphatic rings. The highest BCUT2D eigenvalue weighted by Gasteiger charge is 2.38. The van der Waals surface area contributed by atoms with E-state index in [1.807, 2.05) is 30.5 Å². The molecule has 1 aromatic heterocycles. The Morgan fingerprint density at radius 1 is 1.18 bits per heavy atom. The summed E-state index contributed by atoms with van der Waals surface area (Å²) in [4.78, 5) is 25.2. The van der Waals surface area contributed by atoms with Crippen LogP contribution in [0.15, 0.2) is 53.7 Å². The summed E-state index contributed by atoms with van der Waals surface area (Å²) < 4.78 is 37.1. The molecule has 0 unspecified atom stereocenters. The van der Waals surface area contributed by atoms with Gasteiger partial charge in [-0.15, -0.1) is 11.8 Å². The number of halogens is 3. The van der Waals surface area contributed by atoms with E-state index >= 15 is 0 Å². The van der Waals surface area contributed by atoms with Crippen molar-refractivity contribution in [3.8, 4) is 16.9 Å². The number of carboxylic acids is 1. The number of methoxy groups -OCH3 is 1. The fourth-order valence-electron chi connectivity index (χ4n) is 3.69. The summed E-state index contributed by atoms with van der Waals surface area (Å²) in [5, 5.41) is 20.6. The van der Waals surface area contributed by atoms with E-state index in [1.165, 1.54) is 5.56 Å². The number of aromatic nitrogens is 2. The monoisotopic (exact) mass is 565 g/mol. The molecule has 2 heterocycles. The van der Waals surface area contributed by atoms with Gasteiger partial charge >= 0.3 is 12.1 Å². The fraction of sp³-hybridized carbons (Fsp3) is 0.346. The highest BCUT2D eigenvalue weighted by atomic mass is 32.2. The Morgan fingerprint density at radius 3 is 2.54 bits per heavy atom. The first kappa shape index (κ1) is 30.0. The van der Waals surface area contributed by atoms with Gasteiger partial charge in [0.2, 0.25) is 5.91 Å². The van der Waals surface area contributed by atoms with Crippen molar-refractivity contribution < 1.29 is 32.6 Å². The lowest BCUT2D eigenvalue weighted by Crippen LogP contribution is -2.44. The number of nitrogens with zero attached hydrogens (tertiary/aromatic N) is 2. The first-order valence-corrected chi connectivity index (χ1v) is 12.9. The number of carboxylic acid groups (broad SMARTS) is 1. The minimum absolute atomic E-state index is 0.0241. The lowest BCUT2D eigenvalue weighted by Gasteiger charge is -2.26. The molecule has 9 nitrogen and oxygen atoms in total. The number of thioether (sulfide) groups is 1. The van der Waals surface area contributed by atoms with Gasteiger partial charge in [0.1, 0.15) is 5.75 Å². The minimum Gasteiger partial charge on any atom is -0.497 e. The van der Waals surface area contributed by atoms with Gasteiger partial charge in [0.25, 0.3) is 0 Å². The number of H-pyrrole nitrogens is 1. The molecule has 210 valence electrons. The Balaban J connectivity index is 0.000000532. The van der Waals surface area contributed by atoms with Gasteiger partial charge < -0.3 is 25.4 Å². The molecular weight excluding hydrogens is 535 g/mol. The summed E-state index contributed by atoms with van der Waals surface area (Å²) in [5.74, 6) is -1.03. The van der Waals surface area contributed by atoms with Crippen LogP contribution in [0.5, 0.6) is 5.75 Å². The summed E-state index contributed by atoms with van der Waals surface area (Å²) >= 11 is 1.75. The summed E-state index contributed by atoms with van der Waals surface area (Å²) in [7, 11) is 5.79. The second-order valence-corrected chi connectivity index (χ2v) is 10.1. The molecule has 0 spiro atoms. The second kappa shape index (κ2) is 13.5. The first-order chi connectivity index (χ1) is 18.5. The van der Waals surface area contributed by atoms with Gasteiger partial charge in [-0.1, -0.05) is 12.1 Å². The lowest BCUT2D eigenvalue weighted by molar-refractivity contribution is -0.192. The van der Waals surface area contributed by atoms with Gasteiger partial charge in [-0.05, 0) is 61.5 Å². The molecule has 2 aromatic carbocycles. The fourth-order valence-corrected chi connectivity index (χ4v) is 4.85. The molecule has 0 saturated carbocycles. The van der Waals surface area contributed by atoms with Crippen LogP contribution in [0.25, 0.3) is 11.1 Å². The molecule has 0 radical (unpaired) electrons. The van der Waals surface area contributed by atoms with E-state index in [4.69, 9.17) is 14.6 Å². The molecule has 1 atom stereocenters. The Morgan fingerprint density at radius 2 is 1.92 bits per heavy atom. The van der Waals surface area contributed by atoms with Gasteiger partial charge in [-0.2, -0.15) is 18.3 Å². The van der Waals surface area contributed by atoms with Crippen molar-refractivity contribution in [3.63, 3.8) is 0 Å². The van der Waals surface area contributed by atoms with Gasteiger partial charge in [0.05, 0.1) is 25.0 Å². The summed E-state index contributed by atoms with van der Waals surface area (Å²) in [5.41, 5.74) is 5.29. The molecule has 4 N–H and O–H groups in total. The summed E-state index contributed by atoms with van der Waals surface area (Å²) in [6.07, 6.45) is -0.770. The van der Waals surface area contributed by atoms with Crippen LogP contribution in [-0.2, 0) is 22.6 Å². The molecule has 4 rings (SSSR count). The number of hydrogen-bond donors (Lipinski definition) is 4. The predicted molar refractivity (Wildman–Crippen MR) is 143 cm³/mol. The minimum atomic E-state index is -5.08. The number of ether oxygens (including phenoxy) is 1. The Hall–Kier alpha value is -3.55. The molecule has 0 aliphatic carbocycles. The zero-order chi connectivity index (χ0) is 28.6. The van der Waals surface area contributed by atoms with Gasteiger partial charge in [0.15, 0.2) is 0 Å². The molecule has 0 saturated heterocycles. The highest BCUT2D eigenvalue weighted by Crippen LogP contribution is 2.33. The van der Waals surface area contributed by atoms with Gasteiger partial charge in [0, 0.05) is 35.5 Å². The maximum atomic E-state index is 13.1. The number of anilines is 1. The summed E-state index contributed by atoms with van der Waals surface area (Å²) in [6.45, 7) is 1.62. The molecule has 0 bridgehead atoms. The average Bonchev–Trinajstić information content (AvgIpc) is 3.43. The highest BCUT2D eigenvalue weighted by molar-refractivity contribution is 7.99. The maximum Gasteiger partial charge on any atom is 0.490 e. The number of amides is 1. The van der Waals surface area contributed by atoms with E-state index < -0.39 is 12.1 Å². The number of aromatic amines is 1. The Kier molecular flexibility index (Phi) is 10.4. The molecule has 13 heteroatoms. The Labute approximate surface area is 228 Å². The van der Waals surface area contributed by atoms with Crippen LogP contribution >= 0.6 is 11.8 Å². The molecule has 39 heavy (non-hydrogen) atoms. The number of benzene rings is 2. The zero-order valence-electron chi connectivity index (χ0n) is 21.6. The van der Waals surface area contributed by atoms with E-state index in [-0.39, 0.29) is 11.9 Å². The zero-order valence-corrected chi connectivity index (χ0v) is 22.4. The second-order valence-electron chi connectivity index (χ2n) is 8.91. The van der Waals surface area contributed by atoms with E-state index in [2.05, 4.69) is 52.0 Å². The standard InChI is InChI=1S/C24H29N5O2S.C2HF3O2/c1-29(2)8-9-32-23-12-16(19-14-26-27-15-19)5-7-21(23)28-24(30)22-11-18-10-20(31-3)6-4-17(18)13-25-22;3-2(4,5)1(6)7/h4-7,10,12,14-15,22,25H,8-9,11,13H2,1-3H3,(H,26,27)(H,28,30);(H,6,7)/t22-;/m1./s1. The Bertz CT molecular complexity index is 1270. The molecule has 3 aromatic rings. The van der Waals surface area contributed by atoms with Gasteiger partial charge in [-0.25, -0.2) is 4.79 Å². The quantitative estimate of drug-likeness (QED) is 0.303. The molecule has 1 amide bonds. The van der Waals surface area contributed by atoms with Crippen LogP contribution in [0.3, 0.4) is 0 Å². The molecular formula is C26H30F3N5O4S. The average molecular weight is 566 g/mol. The van der Waals surface area contributed by atoms with E-state index in [1.54, 1.807) is 25.1 Å². The van der Waals surface area contributed by atoms with E-state index in [0.717, 1.165) is 45.3 Å². The van der Waals surface area contributed by atoms with Crippen molar-refractivity contribution in [1.82, 2.24) is 20.4 Å². The predicted octanol–water partition coefficient (Wildman–Crippen LogP) is 4.03. The van der Waals surface area contributed by atoms with Crippen molar-refractivity contribution in [2.45, 2.75) is 30.1 Å². The third kappa shape index (κ3) is 8.73. The van der Waals surface area contributed by atoms with Crippen LogP contribution in [0.1, 0.15) is 11.1 Å². The maximum absolute atomic E-state index is 13.1. The van der Waals surface area contributed by atoms with Crippen molar-refractivity contribution >= 4 is 29.3 Å². The first-order valence-electron chi connectivity index (χ1n) is 11.9. The van der Waals surface area contributed by atoms with Crippen LogP contribution in [0.4, 0.5) is 18.9 Å². The van der Waals surface area contributed by atoms with Crippen LogP contribution in [0.2, 0.25) is 0 Å². The van der Waals surface area contributed by atoms with Crippen LogP contribution in [0, 0.1) is 0 Å². The van der Waals surface area contributed by atoms with E-state index in [0.29, 0.717) is 13.0 Å². The number of alkyl halides is 3. The smallest absolute Gasteiger partial charge is 0.490 e. The molecule has 1 aliphatic heterocycles. The SMILES string of the molecule is COc1ccc2c(c1)C[C@H](C(=O)Nc1ccc(-c3cn[nH]c3)cc1SCCN(C)C)NC2.O=C(O)C(F)(F)F. The largest absolute Gasteiger partial charge is 0.497 e. The van der Waals surface area contributed by atoms with Crippen molar-refractivity contribution in [3.05, 3.63) is 59.9 Å². The lowest BCUT2D eigenvalue weighted by atomic mass is 9.95. The van der Waals surface area contributed by atoms with Crippen LogP contribution in [-0.4, -0.2) is 77.8 Å². The third-order valence-corrected chi connectivity index (χ3v) is 6.84. The number of hydrogen-bond acceptors (Lipinski definition) is 7. The third-order valence-electron chi connectivity index (χ3n) is 5.80.